The Morgan fingerprint density at radius 3 is 1.45 bits per heavy atom. The Morgan fingerprint density at radius 2 is 1.29 bits per heavy atom. The van der Waals surface area contributed by atoms with E-state index in [0.29, 0.717) is 0 Å². The van der Waals surface area contributed by atoms with E-state index in [1.165, 1.54) is 6.92 Å². The third kappa shape index (κ3) is 16.8. The average molecular weight is 506 g/mol. The standard InChI is InChI=1S/C6H4F10O.C3H5F3O.C3H4F2O2/c7-1-3(8,5(12,13)14)6(15,16)17-2-4(9,10)11;1-2-7-3(4,5)6;4-3(6)1-2-7-5/h1-2H2;2H2,1H3;1-2H2. The molecule has 0 spiro atoms. The Bertz CT molecular complexity index is 488. The van der Waals surface area contributed by atoms with Gasteiger partial charge in [-0.15, -0.1) is 13.2 Å². The summed E-state index contributed by atoms with van der Waals surface area (Å²) in [6.45, 7) is -5.64. The number of halogens is 15. The first-order chi connectivity index (χ1) is 13.6. The summed E-state index contributed by atoms with van der Waals surface area (Å²) in [4.78, 5) is 12.2. The monoisotopic (exact) mass is 506 g/mol. The van der Waals surface area contributed by atoms with Crippen LogP contribution >= 0.6 is 0 Å². The van der Waals surface area contributed by atoms with Crippen molar-refractivity contribution in [1.82, 2.24) is 0 Å². The average Bonchev–Trinajstić information content (AvgIpc) is 2.55. The van der Waals surface area contributed by atoms with Crippen molar-refractivity contribution in [2.24, 2.45) is 0 Å². The molecule has 4 nitrogen and oxygen atoms in total. The normalized spacial score (nSPS) is 14.6. The van der Waals surface area contributed by atoms with Crippen molar-refractivity contribution >= 4 is 6.04 Å². The van der Waals surface area contributed by atoms with E-state index in [4.69, 9.17) is 0 Å². The van der Waals surface area contributed by atoms with Crippen LogP contribution in [0.15, 0.2) is 0 Å². The lowest BCUT2D eigenvalue weighted by Crippen LogP contribution is -2.58. The molecule has 19 heteroatoms. The third-order valence-electron chi connectivity index (χ3n) is 2.20. The minimum absolute atomic E-state index is 0.316. The van der Waals surface area contributed by atoms with Gasteiger partial charge >= 0.3 is 36.5 Å². The molecule has 31 heavy (non-hydrogen) atoms. The Hall–Kier alpha value is -1.50. The lowest BCUT2D eigenvalue weighted by molar-refractivity contribution is -0.397. The van der Waals surface area contributed by atoms with Gasteiger partial charge in [0, 0.05) is 0 Å². The van der Waals surface area contributed by atoms with Crippen molar-refractivity contribution in [3.8, 4) is 0 Å². The molecule has 0 aliphatic carbocycles. The Balaban J connectivity index is -0.000000460. The van der Waals surface area contributed by atoms with E-state index in [9.17, 15) is 70.8 Å². The Kier molecular flexibility index (Phi) is 15.2. The molecule has 0 heterocycles. The minimum atomic E-state index is -6.42. The van der Waals surface area contributed by atoms with E-state index in [0.717, 1.165) is 0 Å². The zero-order valence-electron chi connectivity index (χ0n) is 14.8. The van der Waals surface area contributed by atoms with E-state index < -0.39 is 62.8 Å². The maximum atomic E-state index is 12.6. The van der Waals surface area contributed by atoms with Gasteiger partial charge in [0.05, 0.1) is 19.6 Å². The Labute approximate surface area is 163 Å². The molecule has 0 bridgehead atoms. The summed E-state index contributed by atoms with van der Waals surface area (Å²) in [5, 5.41) is 0. The largest absolute Gasteiger partial charge is 0.522 e. The van der Waals surface area contributed by atoms with Crippen molar-refractivity contribution in [3.63, 3.8) is 0 Å². The van der Waals surface area contributed by atoms with Gasteiger partial charge in [-0.2, -0.15) is 44.5 Å². The highest BCUT2D eigenvalue weighted by molar-refractivity contribution is 5.67. The number of ether oxygens (including phenoxy) is 2. The van der Waals surface area contributed by atoms with Crippen molar-refractivity contribution < 1.29 is 85.2 Å². The zero-order valence-corrected chi connectivity index (χ0v) is 14.8. The molecule has 0 aromatic heterocycles. The molecule has 0 rings (SSSR count). The SMILES string of the molecule is CCOC(F)(F)F.FCC(F)(C(F)(F)F)C(F)(F)OCC(F)(F)F.O=C(F)CCOF. The van der Waals surface area contributed by atoms with E-state index in [1.807, 2.05) is 0 Å². The van der Waals surface area contributed by atoms with E-state index in [1.54, 1.807) is 0 Å². The molecule has 0 aromatic carbocycles. The summed E-state index contributed by atoms with van der Waals surface area (Å²) in [5.74, 6) is 0. The highest BCUT2D eigenvalue weighted by Crippen LogP contribution is 2.46. The van der Waals surface area contributed by atoms with Crippen LogP contribution < -0.4 is 0 Å². The van der Waals surface area contributed by atoms with Gasteiger partial charge in [-0.25, -0.2) is 8.78 Å². The van der Waals surface area contributed by atoms with Gasteiger partial charge < -0.3 is 4.74 Å². The first-order valence-corrected chi connectivity index (χ1v) is 7.12. The van der Waals surface area contributed by atoms with Crippen molar-refractivity contribution in [1.29, 1.82) is 0 Å². The summed E-state index contributed by atoms with van der Waals surface area (Å²) in [7, 11) is 0. The van der Waals surface area contributed by atoms with Crippen molar-refractivity contribution in [3.05, 3.63) is 0 Å². The second-order valence-corrected chi connectivity index (χ2v) is 4.65. The number of hydrogen-bond donors (Lipinski definition) is 0. The maximum Gasteiger partial charge on any atom is 0.522 e. The van der Waals surface area contributed by atoms with Gasteiger partial charge in [0.15, 0.2) is 0 Å². The summed E-state index contributed by atoms with van der Waals surface area (Å²) in [6, 6.07) is -1.56. The van der Waals surface area contributed by atoms with E-state index in [2.05, 4.69) is 14.4 Å². The Morgan fingerprint density at radius 1 is 0.839 bits per heavy atom. The first kappa shape index (κ1) is 34.1. The van der Waals surface area contributed by atoms with Crippen LogP contribution in [0.2, 0.25) is 0 Å². The van der Waals surface area contributed by atoms with Crippen molar-refractivity contribution in [2.75, 3.05) is 26.5 Å². The molecule has 0 N–H and O–H groups in total. The van der Waals surface area contributed by atoms with Crippen LogP contribution in [0.25, 0.3) is 0 Å². The number of carbonyl (C=O) groups is 1. The van der Waals surface area contributed by atoms with Gasteiger partial charge in [0.25, 0.3) is 0 Å². The number of hydrogen-bond acceptors (Lipinski definition) is 4. The van der Waals surface area contributed by atoms with Crippen LogP contribution in [0, 0.1) is 0 Å². The fourth-order valence-electron chi connectivity index (χ4n) is 0.888. The maximum absolute atomic E-state index is 12.6. The van der Waals surface area contributed by atoms with Crippen LogP contribution in [0.1, 0.15) is 13.3 Å². The molecule has 0 aliphatic heterocycles. The molecule has 0 aliphatic rings. The van der Waals surface area contributed by atoms with Gasteiger partial charge in [-0.3, -0.25) is 9.53 Å². The molecule has 0 aromatic rings. The molecule has 1 atom stereocenters. The molecule has 190 valence electrons. The molecule has 0 radical (unpaired) electrons. The second kappa shape index (κ2) is 13.8. The summed E-state index contributed by atoms with van der Waals surface area (Å²) in [6.07, 6.45) is -22.8. The molecule has 0 saturated carbocycles. The fourth-order valence-corrected chi connectivity index (χ4v) is 0.888. The summed E-state index contributed by atoms with van der Waals surface area (Å²) < 4.78 is 179. The van der Waals surface area contributed by atoms with E-state index >= 15 is 0 Å². The van der Waals surface area contributed by atoms with Gasteiger partial charge in [-0.05, 0) is 11.4 Å². The van der Waals surface area contributed by atoms with Gasteiger partial charge in [0.1, 0.15) is 13.3 Å². The molecule has 0 fully saturated rings. The predicted octanol–water partition coefficient (Wildman–Crippen LogP) is 5.71. The highest BCUT2D eigenvalue weighted by atomic mass is 19.4. The van der Waals surface area contributed by atoms with Crippen LogP contribution in [-0.4, -0.2) is 63.0 Å². The fraction of sp³-hybridized carbons (Fsp3) is 0.917. The number of rotatable bonds is 8. The summed E-state index contributed by atoms with van der Waals surface area (Å²) in [5.41, 5.74) is -5.83. The van der Waals surface area contributed by atoms with E-state index in [-0.39, 0.29) is 6.61 Å². The van der Waals surface area contributed by atoms with Crippen LogP contribution in [0.3, 0.4) is 0 Å². The highest BCUT2D eigenvalue weighted by Gasteiger charge is 2.73. The van der Waals surface area contributed by atoms with Crippen molar-refractivity contribution in [2.45, 2.75) is 43.8 Å². The number of carbonyl (C=O) groups excluding carboxylic acids is 1. The molecule has 0 amide bonds. The van der Waals surface area contributed by atoms with Crippen LogP contribution in [-0.2, 0) is 19.2 Å². The quantitative estimate of drug-likeness (QED) is 0.313. The van der Waals surface area contributed by atoms with Gasteiger partial charge in [0.2, 0.25) is 0 Å². The van der Waals surface area contributed by atoms with Crippen LogP contribution in [0.5, 0.6) is 0 Å². The van der Waals surface area contributed by atoms with Crippen LogP contribution in [0.4, 0.5) is 66.0 Å². The third-order valence-corrected chi connectivity index (χ3v) is 2.20. The smallest absolute Gasteiger partial charge is 0.308 e. The number of alkyl halides is 13. The zero-order chi connectivity index (χ0) is 25.7. The first-order valence-electron chi connectivity index (χ1n) is 7.12. The predicted molar refractivity (Wildman–Crippen MR) is 68.3 cm³/mol. The van der Waals surface area contributed by atoms with Gasteiger partial charge in [-0.1, -0.05) is 0 Å². The molecule has 1 unspecified atom stereocenters. The minimum Gasteiger partial charge on any atom is -0.308 e. The lowest BCUT2D eigenvalue weighted by atomic mass is 10.1. The molecular formula is C12H13F15O4. The second-order valence-electron chi connectivity index (χ2n) is 4.65. The summed E-state index contributed by atoms with van der Waals surface area (Å²) >= 11 is 0. The lowest BCUT2D eigenvalue weighted by Gasteiger charge is -2.32. The molecular weight excluding hydrogens is 493 g/mol. The molecule has 0 saturated heterocycles. The topological polar surface area (TPSA) is 44.8 Å².